The fourth-order valence-electron chi connectivity index (χ4n) is 2.77. The van der Waals surface area contributed by atoms with E-state index in [4.69, 9.17) is 0 Å². The summed E-state index contributed by atoms with van der Waals surface area (Å²) in [4.78, 5) is 0. The first-order valence-electron chi connectivity index (χ1n) is 5.11. The van der Waals surface area contributed by atoms with Gasteiger partial charge < -0.3 is 5.32 Å². The molecule has 0 bridgehead atoms. The molecule has 0 amide bonds. The first kappa shape index (κ1) is 7.60. The molecule has 3 atom stereocenters. The van der Waals surface area contributed by atoms with E-state index in [1.165, 1.54) is 38.8 Å². The first-order chi connectivity index (χ1) is 5.40. The maximum Gasteiger partial charge on any atom is -0.00172 e. The third kappa shape index (κ3) is 1.44. The van der Waals surface area contributed by atoms with Gasteiger partial charge in [-0.05, 0) is 43.7 Å². The fraction of sp³-hybridized carbons (Fsp3) is 1.00. The number of rotatable bonds is 1. The van der Waals surface area contributed by atoms with Crippen molar-refractivity contribution in [3.05, 3.63) is 0 Å². The minimum absolute atomic E-state index is 1.04. The predicted octanol–water partition coefficient (Wildman–Crippen LogP) is 2.03. The average molecular weight is 153 g/mol. The van der Waals surface area contributed by atoms with Crippen molar-refractivity contribution in [2.24, 2.45) is 17.8 Å². The molecule has 2 aliphatic rings. The van der Waals surface area contributed by atoms with Crippen molar-refractivity contribution >= 4 is 0 Å². The van der Waals surface area contributed by atoms with Gasteiger partial charge in [0.15, 0.2) is 0 Å². The summed E-state index contributed by atoms with van der Waals surface area (Å²) in [5.41, 5.74) is 0. The quantitative estimate of drug-likeness (QED) is 0.608. The Bertz CT molecular complexity index is 133. The molecule has 11 heavy (non-hydrogen) atoms. The molecule has 1 aliphatic heterocycles. The lowest BCUT2D eigenvalue weighted by Crippen LogP contribution is -2.22. The van der Waals surface area contributed by atoms with E-state index >= 15 is 0 Å². The van der Waals surface area contributed by atoms with Gasteiger partial charge in [0.1, 0.15) is 0 Å². The topological polar surface area (TPSA) is 12.0 Å². The van der Waals surface area contributed by atoms with Crippen LogP contribution >= 0.6 is 0 Å². The highest BCUT2D eigenvalue weighted by Gasteiger charge is 2.32. The number of fused-ring (bicyclic) bond motifs is 1. The van der Waals surface area contributed by atoms with Crippen LogP contribution in [0, 0.1) is 17.8 Å². The van der Waals surface area contributed by atoms with Gasteiger partial charge in [0.25, 0.3) is 0 Å². The van der Waals surface area contributed by atoms with Gasteiger partial charge in [0.2, 0.25) is 0 Å². The van der Waals surface area contributed by atoms with E-state index in [9.17, 15) is 0 Å². The van der Waals surface area contributed by atoms with E-state index in [1.54, 1.807) is 0 Å². The van der Waals surface area contributed by atoms with Crippen LogP contribution in [0.4, 0.5) is 0 Å². The van der Waals surface area contributed by atoms with Crippen LogP contribution in [0.2, 0.25) is 0 Å². The van der Waals surface area contributed by atoms with E-state index in [0.717, 1.165) is 17.8 Å². The predicted molar refractivity (Wildman–Crippen MR) is 47.5 cm³/mol. The van der Waals surface area contributed by atoms with Crippen LogP contribution in [0.25, 0.3) is 0 Å². The molecule has 1 nitrogen and oxygen atoms in total. The Balaban J connectivity index is 1.91. The molecule has 0 spiro atoms. The van der Waals surface area contributed by atoms with Crippen molar-refractivity contribution in [1.29, 1.82) is 0 Å². The Kier molecular flexibility index (Phi) is 2.17. The molecule has 1 saturated carbocycles. The van der Waals surface area contributed by atoms with Crippen molar-refractivity contribution in [3.63, 3.8) is 0 Å². The molecular formula is C10H19N. The molecule has 2 rings (SSSR count). The summed E-state index contributed by atoms with van der Waals surface area (Å²) in [5.74, 6) is 3.13. The molecule has 0 radical (unpaired) electrons. The highest BCUT2D eigenvalue weighted by Crippen LogP contribution is 2.36. The van der Waals surface area contributed by atoms with Crippen LogP contribution in [0.3, 0.4) is 0 Å². The lowest BCUT2D eigenvalue weighted by Gasteiger charge is -2.30. The molecule has 2 fully saturated rings. The van der Waals surface area contributed by atoms with Gasteiger partial charge in [0.05, 0.1) is 0 Å². The monoisotopic (exact) mass is 153 g/mol. The fourth-order valence-corrected chi connectivity index (χ4v) is 2.77. The van der Waals surface area contributed by atoms with Crippen LogP contribution in [0.15, 0.2) is 0 Å². The Labute approximate surface area is 69.6 Å². The Hall–Kier alpha value is -0.0400. The molecule has 0 aromatic rings. The minimum Gasteiger partial charge on any atom is -0.316 e. The van der Waals surface area contributed by atoms with Gasteiger partial charge in [-0.25, -0.2) is 0 Å². The molecule has 1 aliphatic carbocycles. The van der Waals surface area contributed by atoms with Gasteiger partial charge in [0, 0.05) is 0 Å². The Morgan fingerprint density at radius 1 is 1.18 bits per heavy atom. The van der Waals surface area contributed by atoms with Gasteiger partial charge in [-0.15, -0.1) is 0 Å². The van der Waals surface area contributed by atoms with Gasteiger partial charge in [-0.1, -0.05) is 19.8 Å². The van der Waals surface area contributed by atoms with Crippen molar-refractivity contribution in [3.8, 4) is 0 Å². The first-order valence-corrected chi connectivity index (χ1v) is 5.11. The van der Waals surface area contributed by atoms with E-state index < -0.39 is 0 Å². The Morgan fingerprint density at radius 2 is 2.00 bits per heavy atom. The maximum atomic E-state index is 3.51. The number of hydrogen-bond acceptors (Lipinski definition) is 1. The Morgan fingerprint density at radius 3 is 2.82 bits per heavy atom. The second-order valence-electron chi connectivity index (χ2n) is 4.27. The minimum atomic E-state index is 1.04. The summed E-state index contributed by atoms with van der Waals surface area (Å²) in [6.45, 7) is 4.95. The zero-order valence-electron chi connectivity index (χ0n) is 7.47. The van der Waals surface area contributed by atoms with Gasteiger partial charge >= 0.3 is 0 Å². The molecule has 1 heterocycles. The third-order valence-electron chi connectivity index (χ3n) is 3.64. The normalized spacial score (nSPS) is 43.9. The number of hydrogen-bond donors (Lipinski definition) is 1. The summed E-state index contributed by atoms with van der Waals surface area (Å²) in [6, 6.07) is 0. The van der Waals surface area contributed by atoms with E-state index in [1.807, 2.05) is 0 Å². The maximum absolute atomic E-state index is 3.51. The number of nitrogens with one attached hydrogen (secondary N) is 1. The van der Waals surface area contributed by atoms with Crippen molar-refractivity contribution in [2.45, 2.75) is 32.6 Å². The smallest absolute Gasteiger partial charge is 0.00172 e. The standard InChI is InChI=1S/C10H19N/c1-2-8-3-4-9-6-11-7-10(9)5-8/h8-11H,2-7H2,1H3. The molecule has 0 aromatic heterocycles. The van der Waals surface area contributed by atoms with Crippen LogP contribution in [-0.4, -0.2) is 13.1 Å². The van der Waals surface area contributed by atoms with Crippen LogP contribution in [-0.2, 0) is 0 Å². The van der Waals surface area contributed by atoms with Crippen molar-refractivity contribution < 1.29 is 0 Å². The van der Waals surface area contributed by atoms with E-state index in [2.05, 4.69) is 12.2 Å². The zero-order valence-corrected chi connectivity index (χ0v) is 7.47. The van der Waals surface area contributed by atoms with Gasteiger partial charge in [-0.2, -0.15) is 0 Å². The van der Waals surface area contributed by atoms with Crippen LogP contribution in [0.1, 0.15) is 32.6 Å². The van der Waals surface area contributed by atoms with Crippen LogP contribution in [0.5, 0.6) is 0 Å². The third-order valence-corrected chi connectivity index (χ3v) is 3.64. The lowest BCUT2D eigenvalue weighted by molar-refractivity contribution is 0.220. The molecule has 64 valence electrons. The SMILES string of the molecule is CCC1CCC2CNCC2C1. The second-order valence-corrected chi connectivity index (χ2v) is 4.27. The van der Waals surface area contributed by atoms with Crippen molar-refractivity contribution in [2.75, 3.05) is 13.1 Å². The average Bonchev–Trinajstić information content (AvgIpc) is 2.50. The van der Waals surface area contributed by atoms with Crippen molar-refractivity contribution in [1.82, 2.24) is 5.32 Å². The molecular weight excluding hydrogens is 134 g/mol. The van der Waals surface area contributed by atoms with Gasteiger partial charge in [-0.3, -0.25) is 0 Å². The highest BCUT2D eigenvalue weighted by molar-refractivity contribution is 4.86. The van der Waals surface area contributed by atoms with E-state index in [0.29, 0.717) is 0 Å². The molecule has 1 heteroatoms. The molecule has 1 N–H and O–H groups in total. The summed E-state index contributed by atoms with van der Waals surface area (Å²) in [5, 5.41) is 3.51. The molecule has 0 aromatic carbocycles. The largest absolute Gasteiger partial charge is 0.316 e. The zero-order chi connectivity index (χ0) is 7.68. The summed E-state index contributed by atoms with van der Waals surface area (Å²) < 4.78 is 0. The highest BCUT2D eigenvalue weighted by atomic mass is 14.9. The second kappa shape index (κ2) is 3.14. The lowest BCUT2D eigenvalue weighted by atomic mass is 9.75. The summed E-state index contributed by atoms with van der Waals surface area (Å²) in [6.07, 6.45) is 5.91. The van der Waals surface area contributed by atoms with E-state index in [-0.39, 0.29) is 0 Å². The van der Waals surface area contributed by atoms with Crippen LogP contribution < -0.4 is 5.32 Å². The molecule has 3 unspecified atom stereocenters. The summed E-state index contributed by atoms with van der Waals surface area (Å²) >= 11 is 0. The summed E-state index contributed by atoms with van der Waals surface area (Å²) in [7, 11) is 0. The molecule has 1 saturated heterocycles.